The van der Waals surface area contributed by atoms with Gasteiger partial charge in [0, 0.05) is 0 Å². The van der Waals surface area contributed by atoms with Gasteiger partial charge in [0.1, 0.15) is 0 Å². The first-order valence-electron chi connectivity index (χ1n) is 1.51. The molecule has 0 nitrogen and oxygen atoms in total. The summed E-state index contributed by atoms with van der Waals surface area (Å²) in [5.74, 6) is 0. The van der Waals surface area contributed by atoms with E-state index in [0.717, 1.165) is 0 Å². The van der Waals surface area contributed by atoms with Crippen LogP contribution in [0.5, 0.6) is 0 Å². The molecule has 9 heteroatoms. The average Bonchev–Trinajstić information content (AvgIpc) is 0.503. The molecule has 0 aliphatic rings. The topological polar surface area (TPSA) is 0 Å². The first kappa shape index (κ1) is 9.32. The summed E-state index contributed by atoms with van der Waals surface area (Å²) in [6.07, 6.45) is 0. The summed E-state index contributed by atoms with van der Waals surface area (Å²) in [5, 5.41) is 0. The Morgan fingerprint density at radius 2 is 0.444 bits per heavy atom. The maximum absolute atomic E-state index is 15.4. The molecule has 0 unspecified atom stereocenters. The Labute approximate surface area is 40.8 Å². The number of hydrogen-bond acceptors (Lipinski definition) is 0. The predicted octanol–water partition coefficient (Wildman–Crippen LogP) is 3.36. The second-order valence-electron chi connectivity index (χ2n) is 2.00. The molecule has 0 spiro atoms. The second kappa shape index (κ2) is 0.556. The van der Waals surface area contributed by atoms with Gasteiger partial charge in [-0.05, 0) is 0 Å². The molecule has 0 N–H and O–H groups in total. The molecule has 0 aromatic heterocycles. The van der Waals surface area contributed by atoms with Crippen LogP contribution in [0.1, 0.15) is 0 Å². The van der Waals surface area contributed by atoms with E-state index < -0.39 is 19.2 Å². The summed E-state index contributed by atoms with van der Waals surface area (Å²) in [7, 11) is 0. The molecule has 0 amide bonds. The van der Waals surface area contributed by atoms with Gasteiger partial charge in [0.25, 0.3) is 0 Å². The summed E-state index contributed by atoms with van der Waals surface area (Å²) < 4.78 is 79.6. The number of halogens is 8. The second-order valence-corrected chi connectivity index (χ2v) is 11.8. The van der Waals surface area contributed by atoms with Gasteiger partial charge in [0.05, 0.1) is 0 Å². The van der Waals surface area contributed by atoms with Crippen LogP contribution in [0.15, 0.2) is 0 Å². The molecule has 0 aliphatic heterocycles. The summed E-state index contributed by atoms with van der Waals surface area (Å²) in [4.78, 5) is 0. The maximum atomic E-state index is 9.95. The number of rotatable bonds is 0. The minimum absolute atomic E-state index is 9.95. The van der Waals surface area contributed by atoms with Gasteiger partial charge in [0.15, 0.2) is 0 Å². The van der Waals surface area contributed by atoms with Crippen LogP contribution in [-0.4, -0.2) is 0 Å². The van der Waals surface area contributed by atoms with Crippen molar-refractivity contribution in [3.05, 3.63) is 0 Å². The van der Waals surface area contributed by atoms with Crippen molar-refractivity contribution >= 4 is 0 Å². The third-order valence-corrected chi connectivity index (χ3v) is 0. The third kappa shape index (κ3) is 3190. The molecule has 0 saturated heterocycles. The van der Waals surface area contributed by atoms with Crippen molar-refractivity contribution < 1.29 is 40.2 Å². The van der Waals surface area contributed by atoms with Crippen LogP contribution in [0.4, 0.5) is 21.0 Å². The zero-order valence-electron chi connectivity index (χ0n) is 3.52. The van der Waals surface area contributed by atoms with Crippen molar-refractivity contribution in [1.29, 1.82) is 0 Å². The first-order chi connectivity index (χ1) is 2.83. The quantitative estimate of drug-likeness (QED) is 0.572. The van der Waals surface area contributed by atoms with Crippen molar-refractivity contribution in [3.63, 3.8) is 0 Å². The molecule has 0 aromatic carbocycles. The zero-order chi connectivity index (χ0) is 8.35. The van der Waals surface area contributed by atoms with Gasteiger partial charge in [-0.1, -0.05) is 0 Å². The predicted molar refractivity (Wildman–Crippen MR) is 8.86 cm³/mol. The molecule has 0 aliphatic carbocycles. The average molecular weight is 243 g/mol. The van der Waals surface area contributed by atoms with E-state index in [-0.39, 0.29) is 0 Å². The Morgan fingerprint density at radius 1 is 0.444 bits per heavy atom. The van der Waals surface area contributed by atoms with Crippen LogP contribution >= 0.6 is 0 Å². The monoisotopic (exact) mass is 242 g/mol. The Hall–Kier alpha value is 0.323. The van der Waals surface area contributed by atoms with Crippen molar-refractivity contribution in [1.82, 2.24) is 0 Å². The van der Waals surface area contributed by atoms with Crippen LogP contribution in [0, 0.1) is 0 Å². The molecule has 64 valence electrons. The van der Waals surface area contributed by atoms with E-state index in [9.17, 15) is 21.0 Å². The Balaban J connectivity index is 5.84. The molecule has 9 heavy (non-hydrogen) atoms. The SMILES string of the molecule is [F][Zr-4]([F])([F])([F])([F])([F])([F])[F]. The van der Waals surface area contributed by atoms with Gasteiger partial charge < -0.3 is 0 Å². The van der Waals surface area contributed by atoms with Crippen molar-refractivity contribution in [2.75, 3.05) is 0 Å². The summed E-state index contributed by atoms with van der Waals surface area (Å²) in [6, 6.07) is 0. The summed E-state index contributed by atoms with van der Waals surface area (Å²) in [6.45, 7) is 0. The van der Waals surface area contributed by atoms with E-state index >= 15 is 0 Å². The van der Waals surface area contributed by atoms with E-state index in [1.807, 2.05) is 0 Å². The van der Waals surface area contributed by atoms with Crippen LogP contribution in [0.25, 0.3) is 0 Å². The van der Waals surface area contributed by atoms with Crippen LogP contribution in [-0.2, 0) is 19.2 Å². The molecule has 0 atom stereocenters. The molecular weight excluding hydrogens is 243 g/mol. The normalized spacial score (nSPS) is 31.1. The Kier molecular flexibility index (Phi) is 0.576. The number of hydrogen-bond donors (Lipinski definition) is 0. The summed E-state index contributed by atoms with van der Waals surface area (Å²) >= 11 is -15.4. The van der Waals surface area contributed by atoms with Crippen molar-refractivity contribution in [2.24, 2.45) is 0 Å². The van der Waals surface area contributed by atoms with Gasteiger partial charge in [-0.2, -0.15) is 0 Å². The Bertz CT molecular complexity index is 139. The molecule has 0 rings (SSSR count). The fraction of sp³-hybridized carbons (Fsp3) is 0. The van der Waals surface area contributed by atoms with Gasteiger partial charge in [-0.15, -0.1) is 0 Å². The first-order valence-corrected chi connectivity index (χ1v) is 8.94. The van der Waals surface area contributed by atoms with Crippen molar-refractivity contribution in [2.45, 2.75) is 0 Å². The molecule has 0 radical (unpaired) electrons. The van der Waals surface area contributed by atoms with E-state index in [1.54, 1.807) is 0 Å². The Morgan fingerprint density at radius 3 is 0.444 bits per heavy atom. The van der Waals surface area contributed by atoms with Gasteiger partial charge in [-0.25, -0.2) is 0 Å². The van der Waals surface area contributed by atoms with Crippen LogP contribution in [0.3, 0.4) is 0 Å². The molecule has 0 heterocycles. The molecular formula is F8Zr-4. The molecule has 0 bridgehead atoms. The van der Waals surface area contributed by atoms with E-state index in [1.165, 1.54) is 0 Å². The minimum atomic E-state index is -15.4. The van der Waals surface area contributed by atoms with Crippen LogP contribution < -0.4 is 0 Å². The van der Waals surface area contributed by atoms with E-state index in [4.69, 9.17) is 0 Å². The third-order valence-electron chi connectivity index (χ3n) is 0. The van der Waals surface area contributed by atoms with Crippen LogP contribution in [0.2, 0.25) is 0 Å². The molecule has 0 saturated carbocycles. The van der Waals surface area contributed by atoms with Gasteiger partial charge in [-0.3, -0.25) is 0 Å². The standard InChI is InChI=1S/8FH.Zr/h8*1H;/q;;;;;;;;+4/p-8. The van der Waals surface area contributed by atoms with Gasteiger partial charge >= 0.3 is 40.2 Å². The van der Waals surface area contributed by atoms with E-state index in [2.05, 4.69) is 0 Å². The molecule has 0 fully saturated rings. The molecule has 0 aromatic rings. The van der Waals surface area contributed by atoms with E-state index in [0.29, 0.717) is 0 Å². The summed E-state index contributed by atoms with van der Waals surface area (Å²) in [5.41, 5.74) is 0. The fourth-order valence-electron chi connectivity index (χ4n) is 0. The van der Waals surface area contributed by atoms with Crippen molar-refractivity contribution in [3.8, 4) is 0 Å². The fourth-order valence-corrected chi connectivity index (χ4v) is 0. The van der Waals surface area contributed by atoms with Gasteiger partial charge in [0.2, 0.25) is 0 Å². The zero-order valence-corrected chi connectivity index (χ0v) is 5.98.